The normalized spacial score (nSPS) is 12.0. The lowest BCUT2D eigenvalue weighted by Gasteiger charge is -2.21. The van der Waals surface area contributed by atoms with Gasteiger partial charge in [0.1, 0.15) is 13.2 Å². The maximum Gasteiger partial charge on any atom is 0.248 e. The average Bonchev–Trinajstić information content (AvgIpc) is 2.58. The van der Waals surface area contributed by atoms with Crippen molar-refractivity contribution in [3.05, 3.63) is 30.1 Å². The fourth-order valence-corrected chi connectivity index (χ4v) is 1.90. The number of aromatic nitrogens is 1. The van der Waals surface area contributed by atoms with Crippen molar-refractivity contribution in [3.63, 3.8) is 0 Å². The largest absolute Gasteiger partial charge is 0.362 e. The lowest BCUT2D eigenvalue weighted by Crippen LogP contribution is -2.37. The maximum atomic E-state index is 11.9. The zero-order valence-corrected chi connectivity index (χ0v) is 14.7. The lowest BCUT2D eigenvalue weighted by molar-refractivity contribution is -0.137. The van der Waals surface area contributed by atoms with Gasteiger partial charge in [0.2, 0.25) is 11.8 Å². The van der Waals surface area contributed by atoms with Crippen LogP contribution in [0.1, 0.15) is 25.8 Å². The van der Waals surface area contributed by atoms with E-state index in [2.05, 4.69) is 24.1 Å². The number of carbonyl (C=O) groups excluding carboxylic acids is 2. The predicted octanol–water partition coefficient (Wildman–Crippen LogP) is 0.546. The summed E-state index contributed by atoms with van der Waals surface area (Å²) in [5.41, 5.74) is 6.87. The summed E-state index contributed by atoms with van der Waals surface area (Å²) in [5, 5.41) is 2.71. The monoisotopic (exact) mass is 336 g/mol. The van der Waals surface area contributed by atoms with E-state index in [0.29, 0.717) is 19.0 Å². The second-order valence-corrected chi connectivity index (χ2v) is 6.14. The molecule has 0 saturated carbocycles. The summed E-state index contributed by atoms with van der Waals surface area (Å²) in [5.74, 6) is -0.0459. The lowest BCUT2D eigenvalue weighted by atomic mass is 10.0. The molecule has 3 N–H and O–H groups in total. The number of likely N-dealkylation sites (N-methyl/N-ethyl adjacent to an activating group) is 1. The van der Waals surface area contributed by atoms with Gasteiger partial charge in [-0.05, 0) is 24.0 Å². The third kappa shape index (κ3) is 8.03. The number of carbonyl (C=O) groups is 2. The Morgan fingerprint density at radius 3 is 2.75 bits per heavy atom. The van der Waals surface area contributed by atoms with E-state index in [1.165, 1.54) is 0 Å². The first-order chi connectivity index (χ1) is 11.4. The van der Waals surface area contributed by atoms with Crippen molar-refractivity contribution >= 4 is 11.8 Å². The summed E-state index contributed by atoms with van der Waals surface area (Å²) in [6, 6.07) is 3.74. The van der Waals surface area contributed by atoms with Crippen LogP contribution in [0.4, 0.5) is 0 Å². The van der Waals surface area contributed by atoms with Gasteiger partial charge < -0.3 is 20.7 Å². The van der Waals surface area contributed by atoms with Crippen molar-refractivity contribution in [1.82, 2.24) is 15.2 Å². The minimum absolute atomic E-state index is 0.0689. The highest BCUT2D eigenvalue weighted by molar-refractivity contribution is 5.79. The molecule has 0 aliphatic rings. The minimum Gasteiger partial charge on any atom is -0.362 e. The van der Waals surface area contributed by atoms with E-state index in [1.54, 1.807) is 30.4 Å². The number of rotatable bonds is 10. The molecule has 0 spiro atoms. The van der Waals surface area contributed by atoms with Crippen molar-refractivity contribution in [2.24, 2.45) is 11.7 Å². The Labute approximate surface area is 143 Å². The molecule has 0 bridgehead atoms. The molecule has 7 nitrogen and oxygen atoms in total. The Morgan fingerprint density at radius 1 is 1.38 bits per heavy atom. The number of nitrogens with zero attached hydrogens (tertiary/aromatic N) is 2. The molecule has 1 rings (SSSR count). The average molecular weight is 336 g/mol. The van der Waals surface area contributed by atoms with E-state index >= 15 is 0 Å². The van der Waals surface area contributed by atoms with Crippen molar-refractivity contribution < 1.29 is 14.3 Å². The molecule has 1 aromatic rings. The molecule has 0 fully saturated rings. The van der Waals surface area contributed by atoms with Gasteiger partial charge in [0, 0.05) is 38.6 Å². The number of hydrogen-bond donors (Lipinski definition) is 2. The highest BCUT2D eigenvalue weighted by atomic mass is 16.5. The molecule has 1 unspecified atom stereocenters. The van der Waals surface area contributed by atoms with Crippen LogP contribution in [0.15, 0.2) is 24.5 Å². The summed E-state index contributed by atoms with van der Waals surface area (Å²) >= 11 is 0. The second kappa shape index (κ2) is 10.7. The topological polar surface area (TPSA) is 97.5 Å². The molecule has 2 amide bonds. The van der Waals surface area contributed by atoms with Gasteiger partial charge in [-0.25, -0.2) is 0 Å². The van der Waals surface area contributed by atoms with Gasteiger partial charge in [-0.3, -0.25) is 14.6 Å². The molecule has 0 aliphatic carbocycles. The van der Waals surface area contributed by atoms with Crippen LogP contribution < -0.4 is 11.1 Å². The van der Waals surface area contributed by atoms with Crippen LogP contribution in [-0.2, 0) is 20.9 Å². The standard InChI is InChI=1S/C17H28N4O3/c1-13(2)15(18)6-8-21(3)17(23)12-24-11-16(22)20-10-14-5-4-7-19-9-14/h4-5,7,9,13,15H,6,8,10-12,18H2,1-3H3,(H,20,22). The Kier molecular flexibility index (Phi) is 8.96. The van der Waals surface area contributed by atoms with Crippen molar-refractivity contribution in [2.75, 3.05) is 26.8 Å². The van der Waals surface area contributed by atoms with Gasteiger partial charge >= 0.3 is 0 Å². The van der Waals surface area contributed by atoms with Gasteiger partial charge in [-0.1, -0.05) is 19.9 Å². The summed E-state index contributed by atoms with van der Waals surface area (Å²) in [7, 11) is 1.71. The molecular weight excluding hydrogens is 308 g/mol. The summed E-state index contributed by atoms with van der Waals surface area (Å²) in [6.45, 7) is 4.81. The highest BCUT2D eigenvalue weighted by Crippen LogP contribution is 2.03. The van der Waals surface area contributed by atoms with Gasteiger partial charge in [-0.15, -0.1) is 0 Å². The molecule has 0 aliphatic heterocycles. The van der Waals surface area contributed by atoms with E-state index in [-0.39, 0.29) is 31.1 Å². The Hall–Kier alpha value is -1.99. The fourth-order valence-electron chi connectivity index (χ4n) is 1.90. The molecule has 134 valence electrons. The zero-order chi connectivity index (χ0) is 17.9. The van der Waals surface area contributed by atoms with Crippen LogP contribution in [0.3, 0.4) is 0 Å². The molecule has 1 aromatic heterocycles. The van der Waals surface area contributed by atoms with Gasteiger partial charge in [0.15, 0.2) is 0 Å². The zero-order valence-electron chi connectivity index (χ0n) is 14.7. The smallest absolute Gasteiger partial charge is 0.248 e. The number of pyridine rings is 1. The van der Waals surface area contributed by atoms with E-state index in [4.69, 9.17) is 10.5 Å². The molecule has 0 saturated heterocycles. The Morgan fingerprint density at radius 2 is 2.12 bits per heavy atom. The molecule has 1 atom stereocenters. The highest BCUT2D eigenvalue weighted by Gasteiger charge is 2.13. The quantitative estimate of drug-likeness (QED) is 0.650. The van der Waals surface area contributed by atoms with Gasteiger partial charge in [0.25, 0.3) is 0 Å². The third-order valence-corrected chi connectivity index (χ3v) is 3.75. The minimum atomic E-state index is -0.267. The number of hydrogen-bond acceptors (Lipinski definition) is 5. The second-order valence-electron chi connectivity index (χ2n) is 6.14. The van der Waals surface area contributed by atoms with Gasteiger partial charge in [-0.2, -0.15) is 0 Å². The number of amides is 2. The van der Waals surface area contributed by atoms with Crippen LogP contribution in [0.25, 0.3) is 0 Å². The van der Waals surface area contributed by atoms with E-state index in [1.807, 2.05) is 6.07 Å². The van der Waals surface area contributed by atoms with Crippen LogP contribution in [-0.4, -0.2) is 54.5 Å². The van der Waals surface area contributed by atoms with E-state index < -0.39 is 0 Å². The first-order valence-corrected chi connectivity index (χ1v) is 8.13. The molecule has 0 radical (unpaired) electrons. The van der Waals surface area contributed by atoms with E-state index in [9.17, 15) is 9.59 Å². The van der Waals surface area contributed by atoms with Crippen LogP contribution >= 0.6 is 0 Å². The summed E-state index contributed by atoms with van der Waals surface area (Å²) < 4.78 is 5.17. The summed E-state index contributed by atoms with van der Waals surface area (Å²) in [6.07, 6.45) is 4.09. The summed E-state index contributed by atoms with van der Waals surface area (Å²) in [4.78, 5) is 29.1. The number of ether oxygens (including phenoxy) is 1. The van der Waals surface area contributed by atoms with Gasteiger partial charge in [0.05, 0.1) is 0 Å². The number of nitrogens with two attached hydrogens (primary N) is 1. The molecule has 7 heteroatoms. The Balaban J connectivity index is 2.16. The SMILES string of the molecule is CC(C)C(N)CCN(C)C(=O)COCC(=O)NCc1cccnc1. The molecule has 1 heterocycles. The van der Waals surface area contributed by atoms with Crippen LogP contribution in [0.5, 0.6) is 0 Å². The molecular formula is C17H28N4O3. The van der Waals surface area contributed by atoms with Crippen LogP contribution in [0.2, 0.25) is 0 Å². The van der Waals surface area contributed by atoms with Crippen molar-refractivity contribution in [2.45, 2.75) is 32.9 Å². The first kappa shape index (κ1) is 20.1. The third-order valence-electron chi connectivity index (χ3n) is 3.75. The first-order valence-electron chi connectivity index (χ1n) is 8.13. The van der Waals surface area contributed by atoms with Crippen molar-refractivity contribution in [3.8, 4) is 0 Å². The Bertz CT molecular complexity index is 508. The maximum absolute atomic E-state index is 11.9. The van der Waals surface area contributed by atoms with E-state index in [0.717, 1.165) is 12.0 Å². The predicted molar refractivity (Wildman–Crippen MR) is 92.0 cm³/mol. The van der Waals surface area contributed by atoms with Crippen LogP contribution in [0, 0.1) is 5.92 Å². The molecule has 24 heavy (non-hydrogen) atoms. The molecule has 0 aromatic carbocycles. The fraction of sp³-hybridized carbons (Fsp3) is 0.588. The van der Waals surface area contributed by atoms with Crippen molar-refractivity contribution in [1.29, 1.82) is 0 Å². The number of nitrogens with one attached hydrogen (secondary N) is 1.